The van der Waals surface area contributed by atoms with Crippen LogP contribution in [-0.4, -0.2) is 5.84 Å². The zero-order chi connectivity index (χ0) is 38.3. The Bertz CT molecular complexity index is 2570. The summed E-state index contributed by atoms with van der Waals surface area (Å²) in [5, 5.41) is 7.92. The molecule has 2 aliphatic carbocycles. The third-order valence-electron chi connectivity index (χ3n) is 12.0. The summed E-state index contributed by atoms with van der Waals surface area (Å²) in [4.78, 5) is 5.56. The van der Waals surface area contributed by atoms with E-state index in [1.807, 2.05) is 0 Å². The highest BCUT2D eigenvalue weighted by molar-refractivity contribution is 6.01. The van der Waals surface area contributed by atoms with E-state index in [1.165, 1.54) is 61.2 Å². The lowest BCUT2D eigenvalue weighted by atomic mass is 9.78. The summed E-state index contributed by atoms with van der Waals surface area (Å²) < 4.78 is 0. The molecule has 7 aromatic carbocycles. The molecule has 0 bridgehead atoms. The van der Waals surface area contributed by atoms with E-state index in [4.69, 9.17) is 4.99 Å². The molecule has 0 saturated heterocycles. The molecule has 57 heavy (non-hydrogen) atoms. The molecule has 3 aliphatic rings. The predicted molar refractivity (Wildman–Crippen MR) is 238 cm³/mol. The molecule has 2 N–H and O–H groups in total. The normalized spacial score (nSPS) is 18.0. The van der Waals surface area contributed by atoms with Gasteiger partial charge >= 0.3 is 0 Å². The Morgan fingerprint density at radius 3 is 1.51 bits per heavy atom. The van der Waals surface area contributed by atoms with Crippen LogP contribution < -0.4 is 10.6 Å². The van der Waals surface area contributed by atoms with Gasteiger partial charge < -0.3 is 5.32 Å². The fourth-order valence-corrected chi connectivity index (χ4v) is 9.04. The van der Waals surface area contributed by atoms with Crippen molar-refractivity contribution in [1.29, 1.82) is 0 Å². The molecule has 0 aromatic heterocycles. The number of fused-ring (bicyclic) bond motifs is 2. The monoisotopic (exact) mass is 735 g/mol. The van der Waals surface area contributed by atoms with E-state index >= 15 is 0 Å². The molecule has 1 aliphatic heterocycles. The molecular formula is C54H45N3. The second-order valence-electron chi connectivity index (χ2n) is 16.0. The van der Waals surface area contributed by atoms with Gasteiger partial charge in [0.1, 0.15) is 18.2 Å². The quantitative estimate of drug-likeness (QED) is 0.171. The Balaban J connectivity index is 1.14. The average molecular weight is 736 g/mol. The average Bonchev–Trinajstić information content (AvgIpc) is 3.52. The molecular weight excluding hydrogens is 691 g/mol. The highest BCUT2D eigenvalue weighted by atomic mass is 15.3. The zero-order valence-corrected chi connectivity index (χ0v) is 32.4. The van der Waals surface area contributed by atoms with Crippen molar-refractivity contribution in [2.75, 3.05) is 0 Å². The number of rotatable bonds is 7. The van der Waals surface area contributed by atoms with Gasteiger partial charge in [-0.05, 0) is 128 Å². The van der Waals surface area contributed by atoms with E-state index in [9.17, 15) is 0 Å². The van der Waals surface area contributed by atoms with Gasteiger partial charge in [0.05, 0.1) is 0 Å². The molecule has 3 nitrogen and oxygen atoms in total. The largest absolute Gasteiger partial charge is 0.350 e. The Morgan fingerprint density at radius 1 is 0.509 bits per heavy atom. The number of nitrogens with zero attached hydrogens (tertiary/aromatic N) is 1. The number of hydrogen-bond donors (Lipinski definition) is 2. The summed E-state index contributed by atoms with van der Waals surface area (Å²) in [5.41, 5.74) is 18.4. The molecule has 0 amide bonds. The molecule has 0 fully saturated rings. The summed E-state index contributed by atoms with van der Waals surface area (Å²) >= 11 is 0. The Hall–Kier alpha value is -6.55. The maximum Gasteiger partial charge on any atom is 0.131 e. The second kappa shape index (κ2) is 14.5. The molecule has 1 unspecified atom stereocenters. The van der Waals surface area contributed by atoms with Gasteiger partial charge in [0.2, 0.25) is 0 Å². The Labute approximate surface area is 336 Å². The minimum atomic E-state index is -0.326. The second-order valence-corrected chi connectivity index (χ2v) is 16.0. The van der Waals surface area contributed by atoms with Crippen LogP contribution in [0.15, 0.2) is 199 Å². The number of allylic oxidation sites excluding steroid dienone is 4. The van der Waals surface area contributed by atoms with Gasteiger partial charge in [-0.1, -0.05) is 165 Å². The van der Waals surface area contributed by atoms with Crippen LogP contribution >= 0.6 is 0 Å². The minimum absolute atomic E-state index is 0.0408. The van der Waals surface area contributed by atoms with Crippen LogP contribution in [0.2, 0.25) is 0 Å². The van der Waals surface area contributed by atoms with Gasteiger partial charge in [-0.15, -0.1) is 0 Å². The zero-order valence-electron chi connectivity index (χ0n) is 32.4. The number of benzene rings is 7. The van der Waals surface area contributed by atoms with Crippen molar-refractivity contribution in [3.05, 3.63) is 221 Å². The first-order chi connectivity index (χ1) is 28.0. The lowest BCUT2D eigenvalue weighted by Gasteiger charge is -2.33. The number of amidine groups is 1. The number of hydrogen-bond acceptors (Lipinski definition) is 3. The smallest absolute Gasteiger partial charge is 0.131 e. The lowest BCUT2D eigenvalue weighted by molar-refractivity contribution is 0.409. The topological polar surface area (TPSA) is 36.4 Å². The first-order valence-corrected chi connectivity index (χ1v) is 20.2. The van der Waals surface area contributed by atoms with E-state index in [-0.39, 0.29) is 17.7 Å². The SMILES string of the molecule is CC1(C)C2=C(C=CCC2)c2ccc(C3=N[C@@H](c4cc(-c5ccccc5)cc(-c5ccccc5)c4)NC(c4cc(-c5ccccc5)cc(-c5ccccc5)c4)N3)cc21. The van der Waals surface area contributed by atoms with Crippen molar-refractivity contribution in [2.24, 2.45) is 4.99 Å². The van der Waals surface area contributed by atoms with Crippen molar-refractivity contribution in [3.63, 3.8) is 0 Å². The lowest BCUT2D eigenvalue weighted by Crippen LogP contribution is -2.45. The van der Waals surface area contributed by atoms with E-state index in [0.717, 1.165) is 35.4 Å². The highest BCUT2D eigenvalue weighted by Gasteiger charge is 2.38. The van der Waals surface area contributed by atoms with Crippen LogP contribution in [0.1, 0.15) is 66.8 Å². The Kier molecular flexibility index (Phi) is 8.88. The molecule has 0 spiro atoms. The minimum Gasteiger partial charge on any atom is -0.350 e. The summed E-state index contributed by atoms with van der Waals surface area (Å²) in [6.07, 6.45) is 6.32. The molecule has 0 saturated carbocycles. The Morgan fingerprint density at radius 2 is 1.00 bits per heavy atom. The fraction of sp³-hybridized carbons (Fsp3) is 0.130. The first-order valence-electron chi connectivity index (χ1n) is 20.2. The number of aliphatic imine (C=N–C) groups is 1. The van der Waals surface area contributed by atoms with Crippen LogP contribution in [0.3, 0.4) is 0 Å². The van der Waals surface area contributed by atoms with Crippen LogP contribution in [0.5, 0.6) is 0 Å². The van der Waals surface area contributed by atoms with Gasteiger partial charge in [-0.25, -0.2) is 4.99 Å². The van der Waals surface area contributed by atoms with Crippen LogP contribution in [0, 0.1) is 0 Å². The molecule has 10 rings (SSSR count). The molecule has 3 heteroatoms. The van der Waals surface area contributed by atoms with Gasteiger partial charge in [-0.3, -0.25) is 5.32 Å². The third-order valence-corrected chi connectivity index (χ3v) is 12.0. The predicted octanol–water partition coefficient (Wildman–Crippen LogP) is 13.1. The van der Waals surface area contributed by atoms with Crippen molar-refractivity contribution >= 4 is 11.4 Å². The van der Waals surface area contributed by atoms with Crippen molar-refractivity contribution in [1.82, 2.24) is 10.6 Å². The standard InChI is InChI=1S/C54H45N3/c1-54(2)49-26-16-15-25-47(49)48-28-27-40(35-50(48)54)51-55-52(45-31-41(36-17-7-3-8-18-36)29-42(32-45)37-19-9-4-10-20-37)57-53(56-51)46-33-43(38-21-11-5-12-22-38)30-44(34-46)39-23-13-6-14-24-39/h3-15,17-25,27-35,52-53,57H,16,26H2,1-2H3,(H,55,56)/t52-,53?/m1/s1. The van der Waals surface area contributed by atoms with Crippen molar-refractivity contribution < 1.29 is 0 Å². The molecule has 276 valence electrons. The van der Waals surface area contributed by atoms with E-state index in [0.29, 0.717) is 0 Å². The first kappa shape index (κ1) is 34.9. The maximum atomic E-state index is 5.56. The highest BCUT2D eigenvalue weighted by Crippen LogP contribution is 2.50. The van der Waals surface area contributed by atoms with E-state index < -0.39 is 0 Å². The van der Waals surface area contributed by atoms with Gasteiger partial charge in [0.25, 0.3) is 0 Å². The summed E-state index contributed by atoms with van der Waals surface area (Å²) in [6, 6.07) is 63.7. The van der Waals surface area contributed by atoms with Crippen LogP contribution in [0.25, 0.3) is 50.1 Å². The summed E-state index contributed by atoms with van der Waals surface area (Å²) in [6.45, 7) is 4.78. The van der Waals surface area contributed by atoms with E-state index in [1.54, 1.807) is 5.57 Å². The fourth-order valence-electron chi connectivity index (χ4n) is 9.04. The van der Waals surface area contributed by atoms with Crippen molar-refractivity contribution in [3.8, 4) is 44.5 Å². The van der Waals surface area contributed by atoms with E-state index in [2.05, 4.69) is 213 Å². The van der Waals surface area contributed by atoms with Crippen LogP contribution in [0.4, 0.5) is 0 Å². The summed E-state index contributed by atoms with van der Waals surface area (Å²) in [7, 11) is 0. The van der Waals surface area contributed by atoms with Gasteiger partial charge in [-0.2, -0.15) is 0 Å². The van der Waals surface area contributed by atoms with Gasteiger partial charge in [0.15, 0.2) is 0 Å². The van der Waals surface area contributed by atoms with Crippen LogP contribution in [-0.2, 0) is 5.41 Å². The summed E-state index contributed by atoms with van der Waals surface area (Å²) in [5.74, 6) is 0.889. The molecule has 2 atom stereocenters. The van der Waals surface area contributed by atoms with Gasteiger partial charge in [0, 0.05) is 11.0 Å². The van der Waals surface area contributed by atoms with Crippen molar-refractivity contribution in [2.45, 2.75) is 44.4 Å². The molecule has 1 heterocycles. The molecule has 0 radical (unpaired) electrons. The maximum absolute atomic E-state index is 5.56. The third kappa shape index (κ3) is 6.64. The number of nitrogens with one attached hydrogen (secondary N) is 2. The molecule has 7 aromatic rings.